The van der Waals surface area contributed by atoms with Crippen LogP contribution in [0.1, 0.15) is 23.7 Å². The Balaban J connectivity index is 2.13. The Morgan fingerprint density at radius 1 is 1.00 bits per heavy atom. The molecule has 0 aliphatic carbocycles. The minimum Gasteiger partial charge on any atom is -0.486 e. The smallest absolute Gasteiger partial charge is 0.416 e. The van der Waals surface area contributed by atoms with Crippen LogP contribution in [0.25, 0.3) is 0 Å². The zero-order valence-corrected chi connectivity index (χ0v) is 12.2. The number of ether oxygens (including phenoxy) is 1. The van der Waals surface area contributed by atoms with Crippen LogP contribution in [0.4, 0.5) is 13.2 Å². The zero-order valence-electron chi connectivity index (χ0n) is 12.2. The van der Waals surface area contributed by atoms with E-state index in [1.807, 2.05) is 37.4 Å². The van der Waals surface area contributed by atoms with Crippen LogP contribution < -0.4 is 10.1 Å². The molecule has 1 N–H and O–H groups in total. The average molecular weight is 315 g/mol. The summed E-state index contributed by atoms with van der Waals surface area (Å²) in [7, 11) is 1.85. The maximum Gasteiger partial charge on any atom is 0.416 e. The predicted octanol–water partition coefficient (Wildman–Crippen LogP) is 4.44. The van der Waals surface area contributed by atoms with Crippen LogP contribution in [0.3, 0.4) is 0 Å². The molecule has 2 aromatic carbocycles. The van der Waals surface area contributed by atoms with Crippen molar-refractivity contribution in [1.29, 1.82) is 0 Å². The maximum absolute atomic E-state index is 12.6. The van der Waals surface area contributed by atoms with Crippen molar-refractivity contribution in [2.24, 2.45) is 0 Å². The molecule has 5 heteroatoms. The Morgan fingerprint density at radius 3 is 2.18 bits per heavy atom. The fourth-order valence-corrected chi connectivity index (χ4v) is 2.12. The van der Waals surface area contributed by atoms with Crippen LogP contribution in [0.2, 0.25) is 0 Å². The lowest BCUT2D eigenvalue weighted by atomic mass is 10.2. The Hall–Kier alpha value is -2.01. The van der Waals surface area contributed by atoms with Crippen LogP contribution in [-0.4, -0.2) is 13.6 Å². The van der Waals surface area contributed by atoms with Gasteiger partial charge >= 0.3 is 6.18 Å². The molecule has 0 radical (unpaired) electrons. The molecule has 2 rings (SSSR count). The highest BCUT2D eigenvalue weighted by molar-refractivity contribution is 5.30. The van der Waals surface area contributed by atoms with Gasteiger partial charge in [-0.15, -0.1) is 0 Å². The van der Waals surface area contributed by atoms with Gasteiger partial charge in [-0.3, -0.25) is 0 Å². The van der Waals surface area contributed by atoms with Crippen molar-refractivity contribution in [1.82, 2.24) is 5.32 Å². The van der Waals surface area contributed by atoms with Gasteiger partial charge in [-0.1, -0.05) is 30.3 Å². The monoisotopic (exact) mass is 315 g/mol. The van der Waals surface area contributed by atoms with Crippen molar-refractivity contribution in [2.45, 2.75) is 18.7 Å². The maximum atomic E-state index is 12.6. The Kier molecular flexibility index (Phi) is 5.44. The van der Waals surface area contributed by atoms with E-state index in [2.05, 4.69) is 5.32 Å². The molecule has 0 aliphatic rings. The van der Waals surface area contributed by atoms with Gasteiger partial charge in [0.15, 0.2) is 0 Å². The van der Waals surface area contributed by atoms with E-state index in [4.69, 9.17) is 4.74 Å². The summed E-state index contributed by atoms with van der Waals surface area (Å²) in [6.07, 6.45) is -3.81. The van der Waals surface area contributed by atoms with Crippen LogP contribution in [-0.2, 0) is 6.18 Å². The third kappa shape index (κ3) is 4.49. The molecule has 0 saturated heterocycles. The molecule has 0 aromatic heterocycles. The first-order valence-electron chi connectivity index (χ1n) is 7.04. The second kappa shape index (κ2) is 7.31. The quantitative estimate of drug-likeness (QED) is 0.851. The van der Waals surface area contributed by atoms with E-state index in [1.165, 1.54) is 12.1 Å². The first-order chi connectivity index (χ1) is 10.5. The van der Waals surface area contributed by atoms with Crippen molar-refractivity contribution in [3.05, 3.63) is 65.7 Å². The highest BCUT2D eigenvalue weighted by Crippen LogP contribution is 2.31. The summed E-state index contributed by atoms with van der Waals surface area (Å²) >= 11 is 0. The van der Waals surface area contributed by atoms with Gasteiger partial charge in [0.1, 0.15) is 11.9 Å². The Bertz CT molecular complexity index is 567. The fraction of sp³-hybridized carbons (Fsp3) is 0.294. The highest BCUT2D eigenvalue weighted by Gasteiger charge is 2.30. The summed E-state index contributed by atoms with van der Waals surface area (Å²) in [5, 5.41) is 3.05. The van der Waals surface area contributed by atoms with E-state index in [-0.39, 0.29) is 6.10 Å². The predicted molar refractivity (Wildman–Crippen MR) is 79.8 cm³/mol. The standard InChI is InChI=1S/C17H18F3NO/c1-21-12-11-16(13-5-3-2-4-6-13)22-15-9-7-14(8-10-15)17(18,19)20/h2-10,16,21H,11-12H2,1H3/i2+1,3+1,4+1,5+1,6+1,13+1. The number of halogens is 3. The third-order valence-corrected chi connectivity index (χ3v) is 3.29. The molecule has 0 heterocycles. The number of alkyl halides is 3. The molecule has 0 saturated carbocycles. The highest BCUT2D eigenvalue weighted by atomic mass is 19.4. The Labute approximate surface area is 127 Å². The van der Waals surface area contributed by atoms with Crippen molar-refractivity contribution in [2.75, 3.05) is 13.6 Å². The van der Waals surface area contributed by atoms with Gasteiger partial charge in [0, 0.05) is 6.42 Å². The lowest BCUT2D eigenvalue weighted by Gasteiger charge is -2.20. The van der Waals surface area contributed by atoms with Gasteiger partial charge in [-0.25, -0.2) is 0 Å². The summed E-state index contributed by atoms with van der Waals surface area (Å²) in [5.74, 6) is 0.429. The minimum absolute atomic E-state index is 0.203. The first kappa shape index (κ1) is 16.4. The molecule has 0 fully saturated rings. The van der Waals surface area contributed by atoms with Crippen LogP contribution in [0.15, 0.2) is 54.6 Å². The van der Waals surface area contributed by atoms with Crippen molar-refractivity contribution in [3.63, 3.8) is 0 Å². The molecule has 0 bridgehead atoms. The molecule has 2 aromatic rings. The normalized spacial score (nSPS) is 12.9. The molecular formula is C17H18F3NO. The van der Waals surface area contributed by atoms with Crippen molar-refractivity contribution in [3.8, 4) is 5.75 Å². The second-order valence-corrected chi connectivity index (χ2v) is 4.93. The number of hydrogen-bond donors (Lipinski definition) is 1. The summed E-state index contributed by atoms with van der Waals surface area (Å²) in [5.41, 5.74) is 0.323. The Morgan fingerprint density at radius 2 is 1.64 bits per heavy atom. The molecule has 2 nitrogen and oxygen atoms in total. The van der Waals surface area contributed by atoms with Crippen LogP contribution in [0, 0.1) is 0 Å². The summed E-state index contributed by atoms with van der Waals surface area (Å²) in [4.78, 5) is 0. The van der Waals surface area contributed by atoms with E-state index in [9.17, 15) is 13.2 Å². The second-order valence-electron chi connectivity index (χ2n) is 4.93. The van der Waals surface area contributed by atoms with Gasteiger partial charge in [0.05, 0.1) is 5.56 Å². The number of benzene rings is 2. The van der Waals surface area contributed by atoms with Gasteiger partial charge < -0.3 is 10.1 Å². The van der Waals surface area contributed by atoms with E-state index in [0.29, 0.717) is 5.75 Å². The van der Waals surface area contributed by atoms with E-state index in [0.717, 1.165) is 30.7 Å². The SMILES string of the molecule is CNCCC(Oc1ccc(C(F)(F)F)cc1)[13c]1[13cH][13cH][13cH][13cH][13cH]1. The lowest BCUT2D eigenvalue weighted by Crippen LogP contribution is -2.16. The zero-order chi connectivity index (χ0) is 16.0. The van der Waals surface area contributed by atoms with Crippen molar-refractivity contribution >= 4 is 0 Å². The van der Waals surface area contributed by atoms with Gasteiger partial charge in [0.2, 0.25) is 0 Å². The van der Waals surface area contributed by atoms with Gasteiger partial charge in [-0.05, 0) is 43.4 Å². The van der Waals surface area contributed by atoms with E-state index < -0.39 is 11.7 Å². The number of rotatable bonds is 6. The van der Waals surface area contributed by atoms with Crippen molar-refractivity contribution < 1.29 is 17.9 Å². The molecule has 0 amide bonds. The topological polar surface area (TPSA) is 21.3 Å². The van der Waals surface area contributed by atoms with Gasteiger partial charge in [0.25, 0.3) is 0 Å². The fourth-order valence-electron chi connectivity index (χ4n) is 2.12. The molecular weight excluding hydrogens is 297 g/mol. The number of nitrogens with one attached hydrogen (secondary N) is 1. The molecule has 118 valence electrons. The van der Waals surface area contributed by atoms with Gasteiger partial charge in [-0.2, -0.15) is 13.2 Å². The largest absolute Gasteiger partial charge is 0.486 e. The number of hydrogen-bond acceptors (Lipinski definition) is 2. The molecule has 22 heavy (non-hydrogen) atoms. The van der Waals surface area contributed by atoms with E-state index >= 15 is 0 Å². The first-order valence-corrected chi connectivity index (χ1v) is 7.04. The molecule has 1 unspecified atom stereocenters. The van der Waals surface area contributed by atoms with E-state index in [1.54, 1.807) is 0 Å². The minimum atomic E-state index is -4.33. The molecule has 0 aliphatic heterocycles. The lowest BCUT2D eigenvalue weighted by molar-refractivity contribution is -0.137. The molecule has 1 atom stereocenters. The summed E-state index contributed by atoms with van der Waals surface area (Å²) in [6.45, 7) is 0.750. The summed E-state index contributed by atoms with van der Waals surface area (Å²) < 4.78 is 43.6. The van der Waals surface area contributed by atoms with Crippen LogP contribution >= 0.6 is 0 Å². The van der Waals surface area contributed by atoms with Crippen LogP contribution in [0.5, 0.6) is 5.75 Å². The molecule has 0 spiro atoms. The average Bonchev–Trinajstić information content (AvgIpc) is 2.52. The summed E-state index contributed by atoms with van der Waals surface area (Å²) in [6, 6.07) is 14.4. The third-order valence-electron chi connectivity index (χ3n) is 3.29.